The maximum absolute atomic E-state index is 2.50. The summed E-state index contributed by atoms with van der Waals surface area (Å²) in [7, 11) is 0. The molecule has 0 N–H and O–H groups in total. The molecule has 2 aliphatic carbocycles. The SMILES string of the molecule is CC1(C)c2ccccc2-c2cc(N(c3ccc(-c4ccc5c(c4)c4cc(C6(c7ccccc7)c7ccccc7-c7ccccc76)ccc4n5-c4ccccc4)cc3)c3ccc4c5ccccc5c5ccccc5c4c3)ccc21. The highest BCUT2D eigenvalue weighted by molar-refractivity contribution is 6.26. The fourth-order valence-corrected chi connectivity index (χ4v) is 14.1. The topological polar surface area (TPSA) is 8.17 Å². The van der Waals surface area contributed by atoms with Gasteiger partial charge in [0.05, 0.1) is 16.4 Å². The van der Waals surface area contributed by atoms with Crippen molar-refractivity contribution < 1.29 is 0 Å². The second kappa shape index (κ2) is 16.9. The lowest BCUT2D eigenvalue weighted by Crippen LogP contribution is -2.28. The van der Waals surface area contributed by atoms with Crippen LogP contribution in [0.5, 0.6) is 0 Å². The van der Waals surface area contributed by atoms with Crippen LogP contribution in [0.4, 0.5) is 17.1 Å². The Morgan fingerprint density at radius 1 is 0.282 bits per heavy atom. The predicted molar refractivity (Wildman–Crippen MR) is 328 cm³/mol. The Kier molecular flexibility index (Phi) is 9.63. The molecule has 0 fully saturated rings. The average Bonchev–Trinajstić information content (AvgIpc) is 4.29. The van der Waals surface area contributed by atoms with Gasteiger partial charge in [-0.1, -0.05) is 220 Å². The van der Waals surface area contributed by atoms with Gasteiger partial charge < -0.3 is 9.47 Å². The Labute approximate surface area is 454 Å². The number of aromatic nitrogens is 1. The van der Waals surface area contributed by atoms with Crippen molar-refractivity contribution in [3.63, 3.8) is 0 Å². The highest BCUT2D eigenvalue weighted by Crippen LogP contribution is 2.57. The van der Waals surface area contributed by atoms with Crippen LogP contribution in [0.2, 0.25) is 0 Å². The maximum atomic E-state index is 2.50. The van der Waals surface area contributed by atoms with Crippen molar-refractivity contribution in [3.05, 3.63) is 312 Å². The van der Waals surface area contributed by atoms with Crippen molar-refractivity contribution in [2.45, 2.75) is 24.7 Å². The van der Waals surface area contributed by atoms with Crippen molar-refractivity contribution in [2.24, 2.45) is 0 Å². The highest BCUT2D eigenvalue weighted by atomic mass is 15.1. The van der Waals surface area contributed by atoms with Gasteiger partial charge in [-0.3, -0.25) is 0 Å². The summed E-state index contributed by atoms with van der Waals surface area (Å²) in [6.07, 6.45) is 0. The van der Waals surface area contributed by atoms with E-state index in [0.29, 0.717) is 0 Å². The minimum Gasteiger partial charge on any atom is -0.310 e. The van der Waals surface area contributed by atoms with E-state index in [1.165, 1.54) is 115 Å². The summed E-state index contributed by atoms with van der Waals surface area (Å²) in [6, 6.07) is 104. The number of para-hydroxylation sites is 1. The van der Waals surface area contributed by atoms with E-state index in [2.05, 4.69) is 302 Å². The standard InChI is InChI=1S/C76H52N2/c1-75(2)69-30-16-13-29-64(69)66-48-56(40-42-70(66)75)77(55-39-41-61-59-25-10-9-23-57(59)58-24-11-12-26-60(58)65(61)47-55)54-37-33-49(34-38-54)50-35-43-73-67(45-50)68-46-52(36-44-74(68)78(73)53-21-7-4-8-22-53)76(51-19-5-3-6-20-51)71-31-17-14-27-62(71)63-28-15-18-32-72(63)76/h3-48H,1-2H3. The van der Waals surface area contributed by atoms with Crippen LogP contribution in [0.15, 0.2) is 279 Å². The van der Waals surface area contributed by atoms with E-state index in [4.69, 9.17) is 0 Å². The van der Waals surface area contributed by atoms with E-state index in [-0.39, 0.29) is 5.41 Å². The molecule has 0 radical (unpaired) electrons. The quantitative estimate of drug-likeness (QED) is 0.145. The van der Waals surface area contributed by atoms with E-state index < -0.39 is 5.41 Å². The molecule has 0 spiro atoms. The molecule has 0 unspecified atom stereocenters. The van der Waals surface area contributed by atoms with E-state index in [1.54, 1.807) is 0 Å². The number of hydrogen-bond acceptors (Lipinski definition) is 1. The number of anilines is 3. The molecule has 0 amide bonds. The fraction of sp³-hybridized carbons (Fsp3) is 0.0526. The van der Waals surface area contributed by atoms with Gasteiger partial charge in [0.15, 0.2) is 0 Å². The largest absolute Gasteiger partial charge is 0.310 e. The smallest absolute Gasteiger partial charge is 0.0713 e. The molecular weight excluding hydrogens is 941 g/mol. The second-order valence-electron chi connectivity index (χ2n) is 21.9. The van der Waals surface area contributed by atoms with Crippen molar-refractivity contribution in [3.8, 4) is 39.1 Å². The monoisotopic (exact) mass is 992 g/mol. The molecular formula is C76H52N2. The van der Waals surface area contributed by atoms with Crippen LogP contribution >= 0.6 is 0 Å². The molecule has 13 aromatic carbocycles. The van der Waals surface area contributed by atoms with Gasteiger partial charge >= 0.3 is 0 Å². The lowest BCUT2D eigenvalue weighted by molar-refractivity contribution is 0.660. The Bertz CT molecular complexity index is 4670. The zero-order valence-corrected chi connectivity index (χ0v) is 43.5. The Hall–Kier alpha value is -9.76. The first-order chi connectivity index (χ1) is 38.4. The van der Waals surface area contributed by atoms with E-state index >= 15 is 0 Å². The number of nitrogens with zero attached hydrogens (tertiary/aromatic N) is 2. The summed E-state index contributed by atoms with van der Waals surface area (Å²) >= 11 is 0. The minimum atomic E-state index is -0.506. The maximum Gasteiger partial charge on any atom is 0.0713 e. The van der Waals surface area contributed by atoms with E-state index in [0.717, 1.165) is 28.3 Å². The third-order valence-corrected chi connectivity index (χ3v) is 17.6. The first-order valence-corrected chi connectivity index (χ1v) is 27.3. The molecule has 2 aliphatic rings. The third-order valence-electron chi connectivity index (χ3n) is 17.6. The van der Waals surface area contributed by atoms with Crippen LogP contribution in [0, 0.1) is 0 Å². The number of benzene rings is 13. The normalized spacial score (nSPS) is 13.7. The fourth-order valence-electron chi connectivity index (χ4n) is 14.1. The summed E-state index contributed by atoms with van der Waals surface area (Å²) < 4.78 is 2.44. The average molecular weight is 993 g/mol. The number of fused-ring (bicyclic) bond motifs is 15. The van der Waals surface area contributed by atoms with Gasteiger partial charge in [-0.25, -0.2) is 0 Å². The molecule has 0 saturated heterocycles. The van der Waals surface area contributed by atoms with Gasteiger partial charge in [0, 0.05) is 38.9 Å². The minimum absolute atomic E-state index is 0.0907. The molecule has 0 aliphatic heterocycles. The summed E-state index contributed by atoms with van der Waals surface area (Å²) in [4.78, 5) is 2.46. The third kappa shape index (κ3) is 6.32. The summed E-state index contributed by atoms with van der Waals surface area (Å²) in [6.45, 7) is 4.72. The first kappa shape index (κ1) is 44.5. The van der Waals surface area contributed by atoms with Gasteiger partial charge in [0.25, 0.3) is 0 Å². The first-order valence-electron chi connectivity index (χ1n) is 27.3. The van der Waals surface area contributed by atoms with Crippen LogP contribution in [0.3, 0.4) is 0 Å². The lowest BCUT2D eigenvalue weighted by Gasteiger charge is -2.34. The Morgan fingerprint density at radius 2 is 0.744 bits per heavy atom. The molecule has 1 aromatic heterocycles. The van der Waals surface area contributed by atoms with Crippen molar-refractivity contribution in [1.82, 2.24) is 4.57 Å². The zero-order valence-electron chi connectivity index (χ0n) is 43.5. The molecule has 0 atom stereocenters. The molecule has 2 heteroatoms. The molecule has 366 valence electrons. The zero-order chi connectivity index (χ0) is 51.7. The van der Waals surface area contributed by atoms with Crippen molar-refractivity contribution in [1.29, 1.82) is 0 Å². The van der Waals surface area contributed by atoms with Crippen molar-refractivity contribution in [2.75, 3.05) is 4.90 Å². The van der Waals surface area contributed by atoms with E-state index in [9.17, 15) is 0 Å². The van der Waals surface area contributed by atoms with Gasteiger partial charge in [0.2, 0.25) is 0 Å². The van der Waals surface area contributed by atoms with Crippen LogP contribution in [0.1, 0.15) is 47.2 Å². The molecule has 1 heterocycles. The molecule has 16 rings (SSSR count). The van der Waals surface area contributed by atoms with Crippen molar-refractivity contribution >= 4 is 71.2 Å². The Morgan fingerprint density at radius 3 is 1.40 bits per heavy atom. The molecule has 14 aromatic rings. The van der Waals surface area contributed by atoms with Gasteiger partial charge in [-0.15, -0.1) is 0 Å². The molecule has 78 heavy (non-hydrogen) atoms. The lowest BCUT2D eigenvalue weighted by atomic mass is 9.67. The van der Waals surface area contributed by atoms with Crippen LogP contribution in [0.25, 0.3) is 93.2 Å². The Balaban J connectivity index is 0.876. The van der Waals surface area contributed by atoms with Crippen LogP contribution in [-0.2, 0) is 10.8 Å². The summed E-state index contributed by atoms with van der Waals surface area (Å²) in [5.74, 6) is 0. The van der Waals surface area contributed by atoms with Gasteiger partial charge in [-0.05, 0) is 172 Å². The summed E-state index contributed by atoms with van der Waals surface area (Å²) in [5.41, 5.74) is 21.7. The second-order valence-corrected chi connectivity index (χ2v) is 21.9. The molecule has 0 saturated carbocycles. The van der Waals surface area contributed by atoms with Crippen LogP contribution in [-0.4, -0.2) is 4.57 Å². The predicted octanol–water partition coefficient (Wildman–Crippen LogP) is 20.0. The number of rotatable bonds is 7. The highest BCUT2D eigenvalue weighted by Gasteiger charge is 2.46. The molecule has 2 nitrogen and oxygen atoms in total. The number of hydrogen-bond donors (Lipinski definition) is 0. The van der Waals surface area contributed by atoms with Gasteiger partial charge in [0.1, 0.15) is 0 Å². The molecule has 0 bridgehead atoms. The van der Waals surface area contributed by atoms with E-state index in [1.807, 2.05) is 0 Å². The van der Waals surface area contributed by atoms with Gasteiger partial charge in [-0.2, -0.15) is 0 Å². The van der Waals surface area contributed by atoms with Crippen LogP contribution < -0.4 is 4.90 Å². The summed E-state index contributed by atoms with van der Waals surface area (Å²) in [5, 5.41) is 10.0.